The number of carboxylic acids is 1. The third kappa shape index (κ3) is 3.39. The molecule has 2 rings (SSSR count). The van der Waals surface area contributed by atoms with E-state index in [1.165, 1.54) is 6.07 Å². The minimum atomic E-state index is -1.21. The molecule has 2 amide bonds. The summed E-state index contributed by atoms with van der Waals surface area (Å²) in [6, 6.07) is 2.15. The van der Waals surface area contributed by atoms with E-state index in [0.29, 0.717) is 24.4 Å². The molecule has 128 valence electrons. The molecule has 1 aliphatic heterocycles. The molecule has 10 nitrogen and oxygen atoms in total. The number of aliphatic carboxylic acids is 1. The van der Waals surface area contributed by atoms with Crippen molar-refractivity contribution in [1.29, 1.82) is 0 Å². The van der Waals surface area contributed by atoms with Crippen LogP contribution in [0.3, 0.4) is 0 Å². The summed E-state index contributed by atoms with van der Waals surface area (Å²) in [5.41, 5.74) is 7.28. The highest BCUT2D eigenvalue weighted by atomic mass is 16.6. The number of carbonyl (C=O) groups excluding carboxylic acids is 2. The van der Waals surface area contributed by atoms with Crippen molar-refractivity contribution in [2.75, 3.05) is 6.54 Å². The molecule has 0 bridgehead atoms. The monoisotopic (exact) mass is 336 g/mol. The van der Waals surface area contributed by atoms with Crippen LogP contribution in [0.2, 0.25) is 0 Å². The van der Waals surface area contributed by atoms with Gasteiger partial charge in [-0.15, -0.1) is 0 Å². The van der Waals surface area contributed by atoms with E-state index in [1.807, 2.05) is 0 Å². The maximum absolute atomic E-state index is 12.3. The molecule has 24 heavy (non-hydrogen) atoms. The van der Waals surface area contributed by atoms with Gasteiger partial charge in [0, 0.05) is 12.1 Å². The Morgan fingerprint density at radius 1 is 1.29 bits per heavy atom. The van der Waals surface area contributed by atoms with Crippen LogP contribution in [-0.4, -0.2) is 45.4 Å². The fourth-order valence-electron chi connectivity index (χ4n) is 2.35. The average molecular weight is 336 g/mol. The number of nitro benzene ring substituents is 1. The van der Waals surface area contributed by atoms with E-state index in [-0.39, 0.29) is 23.2 Å². The number of imide groups is 1. The lowest BCUT2D eigenvalue weighted by Crippen LogP contribution is -2.51. The SMILES string of the molecule is NCCCC[C@H](NN1C(=O)c2ccc([N+](=O)[O-])cc2C1=O)C(=O)O. The normalized spacial score (nSPS) is 14.6. The van der Waals surface area contributed by atoms with Crippen LogP contribution in [0, 0.1) is 10.1 Å². The standard InChI is InChI=1S/C14H16N4O6/c15-6-2-1-3-11(14(21)22)16-17-12(19)9-5-4-8(18(23)24)7-10(9)13(17)20/h4-5,7,11,16H,1-3,6,15H2,(H,21,22)/t11-/m0/s1. The second-order valence-corrected chi connectivity index (χ2v) is 5.24. The molecule has 0 aromatic heterocycles. The molecule has 0 radical (unpaired) electrons. The highest BCUT2D eigenvalue weighted by molar-refractivity contribution is 6.21. The summed E-state index contributed by atoms with van der Waals surface area (Å²) >= 11 is 0. The number of hydrazine groups is 1. The van der Waals surface area contributed by atoms with Crippen molar-refractivity contribution in [2.24, 2.45) is 5.73 Å². The summed E-state index contributed by atoms with van der Waals surface area (Å²) in [6.45, 7) is 0.406. The molecule has 1 aromatic rings. The van der Waals surface area contributed by atoms with E-state index < -0.39 is 28.7 Å². The number of rotatable bonds is 8. The van der Waals surface area contributed by atoms with Crippen LogP contribution >= 0.6 is 0 Å². The van der Waals surface area contributed by atoms with Crippen molar-refractivity contribution >= 4 is 23.5 Å². The van der Waals surface area contributed by atoms with Crippen molar-refractivity contribution in [1.82, 2.24) is 10.4 Å². The number of carboxylic acid groups (broad SMARTS) is 1. The second kappa shape index (κ2) is 7.15. The first-order valence-electron chi connectivity index (χ1n) is 7.23. The smallest absolute Gasteiger partial charge is 0.322 e. The van der Waals surface area contributed by atoms with Crippen LogP contribution in [0.25, 0.3) is 0 Å². The molecule has 1 atom stereocenters. The number of nitro groups is 1. The fourth-order valence-corrected chi connectivity index (χ4v) is 2.35. The topological polar surface area (TPSA) is 156 Å². The van der Waals surface area contributed by atoms with Gasteiger partial charge in [0.25, 0.3) is 17.5 Å². The van der Waals surface area contributed by atoms with Gasteiger partial charge in [-0.25, -0.2) is 10.4 Å². The van der Waals surface area contributed by atoms with Gasteiger partial charge in [-0.2, -0.15) is 0 Å². The Bertz CT molecular complexity index is 705. The third-order valence-electron chi connectivity index (χ3n) is 3.61. The Hall–Kier alpha value is -2.85. The van der Waals surface area contributed by atoms with Crippen LogP contribution in [0.1, 0.15) is 40.0 Å². The predicted octanol–water partition coefficient (Wildman–Crippen LogP) is 0.278. The van der Waals surface area contributed by atoms with Crippen molar-refractivity contribution in [3.63, 3.8) is 0 Å². The Labute approximate surface area is 136 Å². The second-order valence-electron chi connectivity index (χ2n) is 5.24. The van der Waals surface area contributed by atoms with Crippen LogP contribution in [-0.2, 0) is 4.79 Å². The first-order valence-corrected chi connectivity index (χ1v) is 7.23. The van der Waals surface area contributed by atoms with Gasteiger partial charge >= 0.3 is 5.97 Å². The van der Waals surface area contributed by atoms with E-state index in [1.54, 1.807) is 0 Å². The summed E-state index contributed by atoms with van der Waals surface area (Å²) in [5, 5.41) is 20.6. The lowest BCUT2D eigenvalue weighted by molar-refractivity contribution is -0.384. The number of hydrogen-bond donors (Lipinski definition) is 3. The average Bonchev–Trinajstić information content (AvgIpc) is 2.78. The number of non-ortho nitro benzene ring substituents is 1. The van der Waals surface area contributed by atoms with Crippen LogP contribution < -0.4 is 11.2 Å². The van der Waals surface area contributed by atoms with Gasteiger partial charge < -0.3 is 10.8 Å². The summed E-state index contributed by atoms with van der Waals surface area (Å²) in [6.07, 6.45) is 1.30. The molecule has 4 N–H and O–H groups in total. The van der Waals surface area contributed by atoms with Gasteiger partial charge in [0.2, 0.25) is 0 Å². The zero-order chi connectivity index (χ0) is 17.9. The van der Waals surface area contributed by atoms with Gasteiger partial charge in [-0.1, -0.05) is 0 Å². The van der Waals surface area contributed by atoms with Gasteiger partial charge in [-0.05, 0) is 31.9 Å². The zero-order valence-corrected chi connectivity index (χ0v) is 12.6. The number of fused-ring (bicyclic) bond motifs is 1. The van der Waals surface area contributed by atoms with E-state index in [2.05, 4.69) is 5.43 Å². The Morgan fingerprint density at radius 3 is 2.54 bits per heavy atom. The molecule has 0 saturated carbocycles. The van der Waals surface area contributed by atoms with E-state index in [9.17, 15) is 29.6 Å². The Morgan fingerprint density at radius 2 is 1.96 bits per heavy atom. The van der Waals surface area contributed by atoms with Gasteiger partial charge in [0.1, 0.15) is 6.04 Å². The molecular formula is C14H16N4O6. The largest absolute Gasteiger partial charge is 0.480 e. The highest BCUT2D eigenvalue weighted by Crippen LogP contribution is 2.26. The number of unbranched alkanes of at least 4 members (excludes halogenated alkanes) is 1. The molecule has 0 unspecified atom stereocenters. The minimum absolute atomic E-state index is 0.0100. The molecule has 0 saturated heterocycles. The van der Waals surface area contributed by atoms with E-state index >= 15 is 0 Å². The highest BCUT2D eigenvalue weighted by Gasteiger charge is 2.39. The summed E-state index contributed by atoms with van der Waals surface area (Å²) in [5.74, 6) is -2.77. The first-order chi connectivity index (χ1) is 11.4. The van der Waals surface area contributed by atoms with Crippen LogP contribution in [0.15, 0.2) is 18.2 Å². The van der Waals surface area contributed by atoms with Crippen LogP contribution in [0.5, 0.6) is 0 Å². The minimum Gasteiger partial charge on any atom is -0.480 e. The molecule has 0 aliphatic carbocycles. The number of benzene rings is 1. The maximum atomic E-state index is 12.3. The lowest BCUT2D eigenvalue weighted by Gasteiger charge is -2.21. The molecule has 10 heteroatoms. The fraction of sp³-hybridized carbons (Fsp3) is 0.357. The third-order valence-corrected chi connectivity index (χ3v) is 3.61. The molecule has 1 aliphatic rings. The number of nitrogens with zero attached hydrogens (tertiary/aromatic N) is 2. The summed E-state index contributed by atoms with van der Waals surface area (Å²) in [7, 11) is 0. The number of nitrogens with two attached hydrogens (primary N) is 1. The number of hydrogen-bond acceptors (Lipinski definition) is 7. The van der Waals surface area contributed by atoms with Crippen molar-refractivity contribution in [3.8, 4) is 0 Å². The predicted molar refractivity (Wildman–Crippen MR) is 81.1 cm³/mol. The Balaban J connectivity index is 2.20. The van der Waals surface area contributed by atoms with E-state index in [4.69, 9.17) is 5.73 Å². The van der Waals surface area contributed by atoms with Crippen molar-refractivity contribution in [2.45, 2.75) is 25.3 Å². The van der Waals surface area contributed by atoms with E-state index in [0.717, 1.165) is 12.1 Å². The molecule has 0 fully saturated rings. The first kappa shape index (κ1) is 17.5. The maximum Gasteiger partial charge on any atom is 0.322 e. The summed E-state index contributed by atoms with van der Waals surface area (Å²) in [4.78, 5) is 45.9. The van der Waals surface area contributed by atoms with Crippen LogP contribution in [0.4, 0.5) is 5.69 Å². The molecule has 1 aromatic carbocycles. The van der Waals surface area contributed by atoms with Crippen molar-refractivity contribution in [3.05, 3.63) is 39.4 Å². The quantitative estimate of drug-likeness (QED) is 0.264. The lowest BCUT2D eigenvalue weighted by atomic mass is 10.1. The van der Waals surface area contributed by atoms with Gasteiger partial charge in [-0.3, -0.25) is 24.5 Å². The Kier molecular flexibility index (Phi) is 5.21. The van der Waals surface area contributed by atoms with Crippen molar-refractivity contribution < 1.29 is 24.4 Å². The number of carbonyl (C=O) groups is 3. The van der Waals surface area contributed by atoms with Gasteiger partial charge in [0.05, 0.1) is 16.1 Å². The molecular weight excluding hydrogens is 320 g/mol. The molecule has 0 spiro atoms. The summed E-state index contributed by atoms with van der Waals surface area (Å²) < 4.78 is 0. The molecule has 1 heterocycles. The van der Waals surface area contributed by atoms with Gasteiger partial charge in [0.15, 0.2) is 0 Å². The number of nitrogens with one attached hydrogen (secondary N) is 1. The zero-order valence-electron chi connectivity index (χ0n) is 12.6. The number of amides is 2.